The van der Waals surface area contributed by atoms with Gasteiger partial charge in [-0.15, -0.1) is 0 Å². The Morgan fingerprint density at radius 3 is 3.00 bits per heavy atom. The lowest BCUT2D eigenvalue weighted by Gasteiger charge is -2.13. The van der Waals surface area contributed by atoms with Gasteiger partial charge in [0.1, 0.15) is 0 Å². The third-order valence-electron chi connectivity index (χ3n) is 3.08. The average molecular weight is 336 g/mol. The second kappa shape index (κ2) is 6.81. The lowest BCUT2D eigenvalue weighted by molar-refractivity contribution is -0.119. The molecule has 5 heteroatoms. The molecule has 0 bridgehead atoms. The third kappa shape index (κ3) is 3.55. The van der Waals surface area contributed by atoms with Crippen LogP contribution < -0.4 is 10.6 Å². The number of anilines is 1. The Bertz CT molecular complexity index is 615. The van der Waals surface area contributed by atoms with Gasteiger partial charge < -0.3 is 10.6 Å². The summed E-state index contributed by atoms with van der Waals surface area (Å²) in [6.45, 7) is 5.47. The first-order chi connectivity index (χ1) is 9.61. The van der Waals surface area contributed by atoms with Crippen LogP contribution in [0.25, 0.3) is 10.9 Å². The topological polar surface area (TPSA) is 54.0 Å². The molecule has 2 N–H and O–H groups in total. The first-order valence-corrected chi connectivity index (χ1v) is 7.47. The molecular formula is C15H18BrN3O. The van der Waals surface area contributed by atoms with Crippen LogP contribution in [0.5, 0.6) is 0 Å². The number of rotatable bonds is 5. The van der Waals surface area contributed by atoms with E-state index in [1.807, 2.05) is 38.1 Å². The summed E-state index contributed by atoms with van der Waals surface area (Å²) in [6.07, 6.45) is 1.74. The summed E-state index contributed by atoms with van der Waals surface area (Å²) in [7, 11) is 0. The minimum Gasteiger partial charge on any atom is -0.324 e. The van der Waals surface area contributed by atoms with Crippen LogP contribution in [0, 0.1) is 5.92 Å². The monoisotopic (exact) mass is 335 g/mol. The predicted molar refractivity (Wildman–Crippen MR) is 85.8 cm³/mol. The molecule has 1 unspecified atom stereocenters. The molecular weight excluding hydrogens is 318 g/mol. The lowest BCUT2D eigenvalue weighted by atomic mass is 10.1. The summed E-state index contributed by atoms with van der Waals surface area (Å²) in [6, 6.07) is 7.76. The van der Waals surface area contributed by atoms with Crippen molar-refractivity contribution in [2.24, 2.45) is 5.92 Å². The number of fused-ring (bicyclic) bond motifs is 1. The second-order valence-corrected chi connectivity index (χ2v) is 5.64. The standard InChI is InChI=1S/C15H18BrN3O/c1-3-17-8-10(2)15(20)19-13-6-4-5-11-7-12(16)9-18-14(11)13/h4-7,9-10,17H,3,8H2,1-2H3,(H,19,20). The normalized spacial score (nSPS) is 12.3. The van der Waals surface area contributed by atoms with Gasteiger partial charge in [-0.05, 0) is 34.6 Å². The van der Waals surface area contributed by atoms with E-state index < -0.39 is 0 Å². The number of halogens is 1. The van der Waals surface area contributed by atoms with Crippen molar-refractivity contribution in [1.82, 2.24) is 10.3 Å². The molecule has 0 fully saturated rings. The summed E-state index contributed by atoms with van der Waals surface area (Å²) >= 11 is 3.40. The molecule has 1 aromatic carbocycles. The Morgan fingerprint density at radius 1 is 1.45 bits per heavy atom. The van der Waals surface area contributed by atoms with E-state index >= 15 is 0 Å². The molecule has 0 aliphatic rings. The van der Waals surface area contributed by atoms with Crippen molar-refractivity contribution >= 4 is 38.4 Å². The van der Waals surface area contributed by atoms with Crippen molar-refractivity contribution in [3.63, 3.8) is 0 Å². The summed E-state index contributed by atoms with van der Waals surface area (Å²) < 4.78 is 0.925. The zero-order chi connectivity index (χ0) is 14.5. The predicted octanol–water partition coefficient (Wildman–Crippen LogP) is 3.18. The highest BCUT2D eigenvalue weighted by molar-refractivity contribution is 9.10. The van der Waals surface area contributed by atoms with E-state index in [1.165, 1.54) is 0 Å². The van der Waals surface area contributed by atoms with Gasteiger partial charge in [-0.3, -0.25) is 9.78 Å². The lowest BCUT2D eigenvalue weighted by Crippen LogP contribution is -2.30. The van der Waals surface area contributed by atoms with Crippen molar-refractivity contribution in [3.05, 3.63) is 34.9 Å². The molecule has 0 aliphatic heterocycles. The molecule has 1 heterocycles. The van der Waals surface area contributed by atoms with Crippen molar-refractivity contribution in [2.45, 2.75) is 13.8 Å². The number of amides is 1. The first-order valence-electron chi connectivity index (χ1n) is 6.67. The Balaban J connectivity index is 2.19. The Hall–Kier alpha value is -1.46. The minimum atomic E-state index is -0.0827. The molecule has 20 heavy (non-hydrogen) atoms. The van der Waals surface area contributed by atoms with Gasteiger partial charge in [0, 0.05) is 28.5 Å². The van der Waals surface area contributed by atoms with Gasteiger partial charge in [0.15, 0.2) is 0 Å². The number of aromatic nitrogens is 1. The van der Waals surface area contributed by atoms with Gasteiger partial charge in [-0.1, -0.05) is 26.0 Å². The van der Waals surface area contributed by atoms with E-state index in [0.717, 1.165) is 27.6 Å². The highest BCUT2D eigenvalue weighted by Gasteiger charge is 2.13. The zero-order valence-electron chi connectivity index (χ0n) is 11.6. The number of hydrogen-bond acceptors (Lipinski definition) is 3. The largest absolute Gasteiger partial charge is 0.324 e. The molecule has 1 amide bonds. The van der Waals surface area contributed by atoms with Gasteiger partial charge in [0.25, 0.3) is 0 Å². The van der Waals surface area contributed by atoms with Crippen molar-refractivity contribution in [1.29, 1.82) is 0 Å². The number of nitrogens with zero attached hydrogens (tertiary/aromatic N) is 1. The van der Waals surface area contributed by atoms with Crippen LogP contribution in [-0.2, 0) is 4.79 Å². The van der Waals surface area contributed by atoms with Crippen molar-refractivity contribution < 1.29 is 4.79 Å². The first kappa shape index (κ1) is 14.9. The van der Waals surface area contributed by atoms with E-state index in [1.54, 1.807) is 6.20 Å². The van der Waals surface area contributed by atoms with Gasteiger partial charge in [-0.2, -0.15) is 0 Å². The molecule has 4 nitrogen and oxygen atoms in total. The van der Waals surface area contributed by atoms with E-state index in [-0.39, 0.29) is 11.8 Å². The molecule has 0 radical (unpaired) electrons. The minimum absolute atomic E-state index is 0.00293. The van der Waals surface area contributed by atoms with Crippen LogP contribution in [0.1, 0.15) is 13.8 Å². The second-order valence-electron chi connectivity index (χ2n) is 4.73. The van der Waals surface area contributed by atoms with Crippen LogP contribution >= 0.6 is 15.9 Å². The molecule has 1 aromatic heterocycles. The third-order valence-corrected chi connectivity index (χ3v) is 3.52. The maximum absolute atomic E-state index is 12.1. The summed E-state index contributed by atoms with van der Waals surface area (Å²) in [5.74, 6) is -0.0798. The quantitative estimate of drug-likeness (QED) is 0.882. The fourth-order valence-corrected chi connectivity index (χ4v) is 2.29. The number of para-hydroxylation sites is 1. The molecule has 106 valence electrons. The highest BCUT2D eigenvalue weighted by atomic mass is 79.9. The number of hydrogen-bond donors (Lipinski definition) is 2. The Morgan fingerprint density at radius 2 is 2.25 bits per heavy atom. The van der Waals surface area contributed by atoms with Crippen LogP contribution in [0.2, 0.25) is 0 Å². The van der Waals surface area contributed by atoms with E-state index in [9.17, 15) is 4.79 Å². The zero-order valence-corrected chi connectivity index (χ0v) is 13.2. The van der Waals surface area contributed by atoms with E-state index in [4.69, 9.17) is 0 Å². The highest BCUT2D eigenvalue weighted by Crippen LogP contribution is 2.24. The summed E-state index contributed by atoms with van der Waals surface area (Å²) in [5.41, 5.74) is 1.56. The van der Waals surface area contributed by atoms with Gasteiger partial charge >= 0.3 is 0 Å². The smallest absolute Gasteiger partial charge is 0.228 e. The average Bonchev–Trinajstić information content (AvgIpc) is 2.44. The molecule has 2 rings (SSSR count). The van der Waals surface area contributed by atoms with Crippen LogP contribution in [0.15, 0.2) is 34.9 Å². The van der Waals surface area contributed by atoms with Crippen molar-refractivity contribution in [3.8, 4) is 0 Å². The van der Waals surface area contributed by atoms with Crippen LogP contribution in [0.3, 0.4) is 0 Å². The Kier molecular flexibility index (Phi) is 5.09. The SMILES string of the molecule is CCNCC(C)C(=O)Nc1cccc2cc(Br)cnc12. The fraction of sp³-hybridized carbons (Fsp3) is 0.333. The molecule has 2 aromatic rings. The van der Waals surface area contributed by atoms with E-state index in [2.05, 4.69) is 31.5 Å². The number of benzene rings is 1. The van der Waals surface area contributed by atoms with Crippen LogP contribution in [0.4, 0.5) is 5.69 Å². The summed E-state index contributed by atoms with van der Waals surface area (Å²) in [4.78, 5) is 16.5. The molecule has 0 saturated carbocycles. The van der Waals surface area contributed by atoms with Crippen LogP contribution in [-0.4, -0.2) is 24.0 Å². The number of nitrogens with one attached hydrogen (secondary N) is 2. The maximum atomic E-state index is 12.1. The number of pyridine rings is 1. The number of carbonyl (C=O) groups excluding carboxylic acids is 1. The maximum Gasteiger partial charge on any atom is 0.228 e. The summed E-state index contributed by atoms with van der Waals surface area (Å²) in [5, 5.41) is 7.13. The fourth-order valence-electron chi connectivity index (χ4n) is 1.94. The van der Waals surface area contributed by atoms with E-state index in [0.29, 0.717) is 6.54 Å². The number of carbonyl (C=O) groups is 1. The van der Waals surface area contributed by atoms with Crippen molar-refractivity contribution in [2.75, 3.05) is 18.4 Å². The van der Waals surface area contributed by atoms with Gasteiger partial charge in [-0.25, -0.2) is 0 Å². The molecule has 0 spiro atoms. The molecule has 0 saturated heterocycles. The molecule has 0 aliphatic carbocycles. The van der Waals surface area contributed by atoms with Gasteiger partial charge in [0.05, 0.1) is 11.2 Å². The Labute approximate surface area is 127 Å². The van der Waals surface area contributed by atoms with Gasteiger partial charge in [0.2, 0.25) is 5.91 Å². The molecule has 1 atom stereocenters.